The molecule has 1 N–H and O–H groups in total. The van der Waals surface area contributed by atoms with Crippen LogP contribution in [0.4, 0.5) is 5.69 Å². The van der Waals surface area contributed by atoms with Gasteiger partial charge in [-0.15, -0.1) is 10.2 Å². The van der Waals surface area contributed by atoms with E-state index in [2.05, 4.69) is 15.5 Å². The monoisotopic (exact) mass is 329 g/mol. The molecule has 0 unspecified atom stereocenters. The van der Waals surface area contributed by atoms with Crippen LogP contribution in [0.1, 0.15) is 17.3 Å². The van der Waals surface area contributed by atoms with Crippen molar-refractivity contribution >= 4 is 17.3 Å². The number of aryl methyl sites for hydroxylation is 1. The molecule has 0 radical (unpaired) electrons. The number of aromatic nitrogens is 2. The second-order valence-electron chi connectivity index (χ2n) is 5.00. The summed E-state index contributed by atoms with van der Waals surface area (Å²) in [4.78, 5) is 0. The molecule has 0 fully saturated rings. The average Bonchev–Trinajstić information content (AvgIpc) is 3.01. The summed E-state index contributed by atoms with van der Waals surface area (Å²) in [6, 6.07) is 15.2. The van der Waals surface area contributed by atoms with Crippen molar-refractivity contribution in [3.8, 4) is 5.75 Å². The quantitative estimate of drug-likeness (QED) is 0.733. The number of halogens is 1. The molecule has 3 aromatic rings. The van der Waals surface area contributed by atoms with E-state index in [0.717, 1.165) is 17.0 Å². The molecule has 0 aliphatic rings. The molecule has 1 aromatic heterocycles. The Labute approximate surface area is 139 Å². The number of hydrogen-bond donors (Lipinski definition) is 1. The first-order chi connectivity index (χ1) is 11.2. The Balaban J connectivity index is 1.55. The lowest BCUT2D eigenvalue weighted by molar-refractivity contribution is 0.259. The molecule has 0 aliphatic carbocycles. The molecule has 2 aromatic carbocycles. The maximum absolute atomic E-state index is 5.94. The van der Waals surface area contributed by atoms with Gasteiger partial charge in [0, 0.05) is 10.7 Å². The minimum Gasteiger partial charge on any atom is -0.484 e. The Kier molecular flexibility index (Phi) is 4.78. The van der Waals surface area contributed by atoms with Gasteiger partial charge < -0.3 is 14.5 Å². The lowest BCUT2D eigenvalue weighted by Crippen LogP contribution is -2.01. The average molecular weight is 330 g/mol. The highest BCUT2D eigenvalue weighted by atomic mass is 35.5. The topological polar surface area (TPSA) is 60.2 Å². The Hall–Kier alpha value is -2.53. The van der Waals surface area contributed by atoms with Gasteiger partial charge in [0.25, 0.3) is 5.89 Å². The van der Waals surface area contributed by atoms with E-state index < -0.39 is 0 Å². The molecule has 0 amide bonds. The van der Waals surface area contributed by atoms with Crippen LogP contribution in [0.15, 0.2) is 52.9 Å². The van der Waals surface area contributed by atoms with Crippen LogP contribution in [-0.4, -0.2) is 10.2 Å². The van der Waals surface area contributed by atoms with Crippen molar-refractivity contribution in [2.75, 3.05) is 5.32 Å². The molecule has 0 saturated heterocycles. The van der Waals surface area contributed by atoms with Crippen LogP contribution in [0.25, 0.3) is 0 Å². The van der Waals surface area contributed by atoms with E-state index in [1.807, 2.05) is 55.5 Å². The SMILES string of the molecule is Cc1cc(Cl)ccc1NCc1nnc(COc2ccccc2)o1. The first kappa shape index (κ1) is 15.4. The third-order valence-electron chi connectivity index (χ3n) is 3.23. The normalized spacial score (nSPS) is 10.5. The van der Waals surface area contributed by atoms with Crippen molar-refractivity contribution in [2.45, 2.75) is 20.1 Å². The molecule has 0 saturated carbocycles. The number of hydrogen-bond acceptors (Lipinski definition) is 5. The second-order valence-corrected chi connectivity index (χ2v) is 5.44. The highest BCUT2D eigenvalue weighted by molar-refractivity contribution is 6.30. The van der Waals surface area contributed by atoms with E-state index in [9.17, 15) is 0 Å². The van der Waals surface area contributed by atoms with E-state index >= 15 is 0 Å². The zero-order valence-electron chi connectivity index (χ0n) is 12.6. The van der Waals surface area contributed by atoms with Crippen molar-refractivity contribution in [3.05, 3.63) is 70.9 Å². The molecular formula is C17H16ClN3O2. The van der Waals surface area contributed by atoms with Crippen molar-refractivity contribution in [1.82, 2.24) is 10.2 Å². The standard InChI is InChI=1S/C17H16ClN3O2/c1-12-9-13(18)7-8-15(12)19-10-16-20-21-17(23-16)11-22-14-5-3-2-4-6-14/h2-9,19H,10-11H2,1H3. The van der Waals surface area contributed by atoms with Crippen LogP contribution in [0.5, 0.6) is 5.75 Å². The largest absolute Gasteiger partial charge is 0.484 e. The zero-order valence-corrected chi connectivity index (χ0v) is 13.4. The van der Waals surface area contributed by atoms with Gasteiger partial charge in [0.05, 0.1) is 6.54 Å². The first-order valence-electron chi connectivity index (χ1n) is 7.20. The van der Waals surface area contributed by atoms with E-state index in [-0.39, 0.29) is 6.61 Å². The van der Waals surface area contributed by atoms with E-state index in [4.69, 9.17) is 20.8 Å². The van der Waals surface area contributed by atoms with Gasteiger partial charge in [0.1, 0.15) is 5.75 Å². The van der Waals surface area contributed by atoms with Crippen LogP contribution >= 0.6 is 11.6 Å². The highest BCUT2D eigenvalue weighted by Gasteiger charge is 2.07. The Morgan fingerprint density at radius 2 is 1.87 bits per heavy atom. The molecule has 1 heterocycles. The lowest BCUT2D eigenvalue weighted by atomic mass is 10.2. The summed E-state index contributed by atoms with van der Waals surface area (Å²) in [5, 5.41) is 11.9. The molecule has 3 rings (SSSR count). The Morgan fingerprint density at radius 3 is 2.65 bits per heavy atom. The van der Waals surface area contributed by atoms with Gasteiger partial charge in [-0.3, -0.25) is 0 Å². The maximum Gasteiger partial charge on any atom is 0.253 e. The van der Waals surface area contributed by atoms with Crippen molar-refractivity contribution in [2.24, 2.45) is 0 Å². The van der Waals surface area contributed by atoms with E-state index in [0.29, 0.717) is 23.3 Å². The second kappa shape index (κ2) is 7.15. The summed E-state index contributed by atoms with van der Waals surface area (Å²) >= 11 is 5.94. The smallest absolute Gasteiger partial charge is 0.253 e. The summed E-state index contributed by atoms with van der Waals surface area (Å²) in [5.74, 6) is 1.71. The molecule has 0 aliphatic heterocycles. The summed E-state index contributed by atoms with van der Waals surface area (Å²) < 4.78 is 11.1. The fraction of sp³-hybridized carbons (Fsp3) is 0.176. The van der Waals surface area contributed by atoms with Gasteiger partial charge in [0.15, 0.2) is 6.61 Å². The van der Waals surface area contributed by atoms with Gasteiger partial charge >= 0.3 is 0 Å². The van der Waals surface area contributed by atoms with Gasteiger partial charge in [-0.25, -0.2) is 0 Å². The van der Waals surface area contributed by atoms with Crippen molar-refractivity contribution in [3.63, 3.8) is 0 Å². The number of benzene rings is 2. The molecule has 118 valence electrons. The minimum absolute atomic E-state index is 0.247. The van der Waals surface area contributed by atoms with Gasteiger partial charge in [-0.05, 0) is 42.8 Å². The lowest BCUT2D eigenvalue weighted by Gasteiger charge is -2.07. The van der Waals surface area contributed by atoms with Crippen molar-refractivity contribution < 1.29 is 9.15 Å². The number of rotatable bonds is 6. The van der Waals surface area contributed by atoms with Crippen LogP contribution in [0.3, 0.4) is 0 Å². The third kappa shape index (κ3) is 4.23. The van der Waals surface area contributed by atoms with Crippen LogP contribution in [0, 0.1) is 6.92 Å². The van der Waals surface area contributed by atoms with E-state index in [1.54, 1.807) is 0 Å². The number of nitrogens with one attached hydrogen (secondary N) is 1. The Morgan fingerprint density at radius 1 is 1.09 bits per heavy atom. The molecule has 5 nitrogen and oxygen atoms in total. The number of ether oxygens (including phenoxy) is 1. The molecule has 23 heavy (non-hydrogen) atoms. The Bertz CT molecular complexity index is 775. The van der Waals surface area contributed by atoms with Crippen LogP contribution in [-0.2, 0) is 13.2 Å². The highest BCUT2D eigenvalue weighted by Crippen LogP contribution is 2.20. The number of anilines is 1. The summed E-state index contributed by atoms with van der Waals surface area (Å²) in [6.45, 7) is 2.68. The van der Waals surface area contributed by atoms with Crippen LogP contribution in [0.2, 0.25) is 5.02 Å². The predicted octanol–water partition coefficient (Wildman–Crippen LogP) is 4.22. The van der Waals surface area contributed by atoms with Crippen molar-refractivity contribution in [1.29, 1.82) is 0 Å². The zero-order chi connectivity index (χ0) is 16.1. The summed E-state index contributed by atoms with van der Waals surface area (Å²) in [5.41, 5.74) is 2.04. The number of nitrogens with zero attached hydrogens (tertiary/aromatic N) is 2. The number of para-hydroxylation sites is 1. The first-order valence-corrected chi connectivity index (χ1v) is 7.57. The predicted molar refractivity (Wildman–Crippen MR) is 88.6 cm³/mol. The summed E-state index contributed by atoms with van der Waals surface area (Å²) in [6.07, 6.45) is 0. The van der Waals surface area contributed by atoms with Gasteiger partial charge in [-0.1, -0.05) is 29.8 Å². The van der Waals surface area contributed by atoms with Gasteiger partial charge in [-0.2, -0.15) is 0 Å². The fourth-order valence-corrected chi connectivity index (χ4v) is 2.30. The summed E-state index contributed by atoms with van der Waals surface area (Å²) in [7, 11) is 0. The molecule has 0 bridgehead atoms. The molecule has 0 spiro atoms. The maximum atomic E-state index is 5.94. The molecular weight excluding hydrogens is 314 g/mol. The van der Waals surface area contributed by atoms with Gasteiger partial charge in [0.2, 0.25) is 5.89 Å². The van der Waals surface area contributed by atoms with E-state index in [1.165, 1.54) is 0 Å². The van der Waals surface area contributed by atoms with Crippen LogP contribution < -0.4 is 10.1 Å². The molecule has 0 atom stereocenters. The fourth-order valence-electron chi connectivity index (χ4n) is 2.08. The molecule has 6 heteroatoms. The third-order valence-corrected chi connectivity index (χ3v) is 3.47. The minimum atomic E-state index is 0.247.